The number of amides is 1. The van der Waals surface area contributed by atoms with Crippen molar-refractivity contribution < 1.29 is 4.79 Å². The van der Waals surface area contributed by atoms with Crippen LogP contribution in [0.3, 0.4) is 0 Å². The molecule has 0 N–H and O–H groups in total. The molecule has 6 heteroatoms. The Balaban J connectivity index is 1.65. The lowest BCUT2D eigenvalue weighted by Crippen LogP contribution is -2.63. The minimum Gasteiger partial charge on any atom is -0.333 e. The summed E-state index contributed by atoms with van der Waals surface area (Å²) in [5.74, 6) is 0.151. The van der Waals surface area contributed by atoms with Crippen molar-refractivity contribution >= 4 is 17.2 Å². The normalized spacial score (nSPS) is 26.5. The van der Waals surface area contributed by atoms with Gasteiger partial charge in [0.25, 0.3) is 5.91 Å². The number of aryl methyl sites for hydroxylation is 1. The van der Waals surface area contributed by atoms with Gasteiger partial charge in [0, 0.05) is 18.3 Å². The minimum atomic E-state index is 0.0762. The van der Waals surface area contributed by atoms with Crippen molar-refractivity contribution in [1.82, 2.24) is 19.8 Å². The van der Waals surface area contributed by atoms with E-state index in [2.05, 4.69) is 33.7 Å². The molecule has 2 atom stereocenters. The summed E-state index contributed by atoms with van der Waals surface area (Å²) in [5.41, 5.74) is 1.73. The number of likely N-dealkylation sites (tertiary alicyclic amines) is 2. The van der Waals surface area contributed by atoms with E-state index in [1.54, 1.807) is 6.20 Å². The number of piperidine rings is 1. The van der Waals surface area contributed by atoms with Crippen LogP contribution in [0.25, 0.3) is 10.7 Å². The Labute approximate surface area is 165 Å². The first-order valence-electron chi connectivity index (χ1n) is 9.92. The molecule has 0 aromatic carbocycles. The molecule has 2 aromatic heterocycles. The van der Waals surface area contributed by atoms with Crippen molar-refractivity contribution in [1.29, 1.82) is 0 Å². The van der Waals surface area contributed by atoms with E-state index in [4.69, 9.17) is 0 Å². The molecule has 0 unspecified atom stereocenters. The van der Waals surface area contributed by atoms with E-state index >= 15 is 0 Å². The highest BCUT2D eigenvalue weighted by Crippen LogP contribution is 2.39. The van der Waals surface area contributed by atoms with Crippen molar-refractivity contribution in [2.24, 2.45) is 0 Å². The molecule has 0 radical (unpaired) electrons. The Hall–Kier alpha value is -1.79. The van der Waals surface area contributed by atoms with Gasteiger partial charge < -0.3 is 4.90 Å². The fourth-order valence-corrected chi connectivity index (χ4v) is 5.69. The summed E-state index contributed by atoms with van der Waals surface area (Å²) < 4.78 is 0. The quantitative estimate of drug-likeness (QED) is 0.785. The Morgan fingerprint density at radius 3 is 2.89 bits per heavy atom. The van der Waals surface area contributed by atoms with Crippen LogP contribution in [0.2, 0.25) is 0 Å². The second-order valence-corrected chi connectivity index (χ2v) is 9.04. The molecule has 0 saturated carbocycles. The van der Waals surface area contributed by atoms with E-state index in [1.165, 1.54) is 30.6 Å². The molecular weight excluding hydrogens is 356 g/mol. The van der Waals surface area contributed by atoms with Crippen LogP contribution in [0.1, 0.15) is 54.4 Å². The number of carbonyl (C=O) groups is 1. The van der Waals surface area contributed by atoms with Gasteiger partial charge in [-0.15, -0.1) is 11.3 Å². The fraction of sp³-hybridized carbons (Fsp3) is 0.571. The summed E-state index contributed by atoms with van der Waals surface area (Å²) in [5, 5.41) is 0.828. The average Bonchev–Trinajstić information content (AvgIpc) is 3.00. The van der Waals surface area contributed by atoms with Crippen LogP contribution in [0.4, 0.5) is 0 Å². The molecule has 0 spiro atoms. The van der Waals surface area contributed by atoms with E-state index in [0.29, 0.717) is 0 Å². The second-order valence-electron chi connectivity index (χ2n) is 8.04. The smallest absolute Gasteiger partial charge is 0.266 e. The average molecular weight is 385 g/mol. The number of rotatable bonds is 2. The minimum absolute atomic E-state index is 0.0762. The van der Waals surface area contributed by atoms with Gasteiger partial charge in [-0.05, 0) is 65.3 Å². The van der Waals surface area contributed by atoms with Gasteiger partial charge >= 0.3 is 0 Å². The van der Waals surface area contributed by atoms with Crippen molar-refractivity contribution in [2.75, 3.05) is 20.1 Å². The summed E-state index contributed by atoms with van der Waals surface area (Å²) in [6, 6.07) is 6.08. The Kier molecular flexibility index (Phi) is 5.03. The van der Waals surface area contributed by atoms with Crippen molar-refractivity contribution in [3.05, 3.63) is 35.0 Å². The number of carbonyl (C=O) groups excluding carboxylic acids is 1. The Morgan fingerprint density at radius 1 is 1.26 bits per heavy atom. The van der Waals surface area contributed by atoms with Crippen LogP contribution in [0, 0.1) is 6.92 Å². The number of hydrogen-bond acceptors (Lipinski definition) is 5. The van der Waals surface area contributed by atoms with Gasteiger partial charge in [-0.3, -0.25) is 14.7 Å². The fourth-order valence-electron chi connectivity index (χ4n) is 4.69. The van der Waals surface area contributed by atoms with Crippen molar-refractivity contribution in [2.45, 2.75) is 57.5 Å². The summed E-state index contributed by atoms with van der Waals surface area (Å²) in [6.45, 7) is 6.27. The molecule has 0 aliphatic carbocycles. The molecule has 27 heavy (non-hydrogen) atoms. The van der Waals surface area contributed by atoms with Crippen LogP contribution in [0.5, 0.6) is 0 Å². The monoisotopic (exact) mass is 384 g/mol. The van der Waals surface area contributed by atoms with Gasteiger partial charge in [0.15, 0.2) is 0 Å². The first kappa shape index (κ1) is 18.6. The van der Waals surface area contributed by atoms with Gasteiger partial charge in [-0.25, -0.2) is 4.98 Å². The summed E-state index contributed by atoms with van der Waals surface area (Å²) in [4.78, 5) is 28.0. The number of thiazole rings is 1. The van der Waals surface area contributed by atoms with Gasteiger partial charge in [0.05, 0.1) is 17.4 Å². The summed E-state index contributed by atoms with van der Waals surface area (Å²) in [6.07, 6.45) is 7.50. The number of nitrogens with zero attached hydrogens (tertiary/aromatic N) is 4. The zero-order valence-electron chi connectivity index (χ0n) is 16.4. The standard InChI is InChI=1S/C21H28N4OS/c1-15-18(27-19(23-15)16-9-4-6-12-22-16)20(26)25-14-8-11-21(2)17(25)10-5-7-13-24(21)3/h4,6,9,12,17H,5,7-8,10-11,13-14H2,1-3H3/t17-,21-/m0/s1. The third-order valence-corrected chi connectivity index (χ3v) is 7.57. The number of likely N-dealkylation sites (N-methyl/N-ethyl adjacent to an activating group) is 1. The molecule has 2 saturated heterocycles. The lowest BCUT2D eigenvalue weighted by molar-refractivity contribution is -0.00315. The van der Waals surface area contributed by atoms with Crippen molar-refractivity contribution in [3.8, 4) is 10.7 Å². The molecule has 4 rings (SSSR count). The number of hydrogen-bond donors (Lipinski definition) is 0. The molecule has 144 valence electrons. The SMILES string of the molecule is Cc1nc(-c2ccccn2)sc1C(=O)N1CCC[C@@]2(C)[C@@H]1CCCCN2C. The number of pyridine rings is 1. The lowest BCUT2D eigenvalue weighted by Gasteiger charge is -2.51. The van der Waals surface area contributed by atoms with Crippen LogP contribution in [-0.2, 0) is 0 Å². The van der Waals surface area contributed by atoms with E-state index in [1.807, 2.05) is 25.1 Å². The first-order chi connectivity index (χ1) is 13.0. The zero-order valence-corrected chi connectivity index (χ0v) is 17.3. The topological polar surface area (TPSA) is 49.3 Å². The lowest BCUT2D eigenvalue weighted by atomic mass is 9.80. The molecular formula is C21H28N4OS. The number of fused-ring (bicyclic) bond motifs is 1. The molecule has 2 fully saturated rings. The Bertz CT molecular complexity index is 821. The molecule has 2 aliphatic rings. The summed E-state index contributed by atoms with van der Waals surface area (Å²) >= 11 is 1.48. The highest BCUT2D eigenvalue weighted by molar-refractivity contribution is 7.17. The molecule has 5 nitrogen and oxygen atoms in total. The van der Waals surface area contributed by atoms with E-state index < -0.39 is 0 Å². The van der Waals surface area contributed by atoms with Gasteiger partial charge in [0.2, 0.25) is 0 Å². The molecule has 4 heterocycles. The molecule has 1 amide bonds. The van der Waals surface area contributed by atoms with Crippen LogP contribution in [-0.4, -0.2) is 57.4 Å². The third kappa shape index (κ3) is 3.29. The van der Waals surface area contributed by atoms with Crippen molar-refractivity contribution in [3.63, 3.8) is 0 Å². The maximum absolute atomic E-state index is 13.5. The number of aromatic nitrogens is 2. The van der Waals surface area contributed by atoms with Crippen LogP contribution in [0.15, 0.2) is 24.4 Å². The predicted molar refractivity (Wildman–Crippen MR) is 109 cm³/mol. The molecule has 0 bridgehead atoms. The maximum atomic E-state index is 13.5. The van der Waals surface area contributed by atoms with Gasteiger partial charge in [-0.2, -0.15) is 0 Å². The molecule has 2 aromatic rings. The predicted octanol–water partition coefficient (Wildman–Crippen LogP) is 3.99. The highest BCUT2D eigenvalue weighted by atomic mass is 32.1. The maximum Gasteiger partial charge on any atom is 0.266 e. The zero-order chi connectivity index (χ0) is 19.0. The second kappa shape index (κ2) is 7.32. The Morgan fingerprint density at radius 2 is 2.11 bits per heavy atom. The van der Waals surface area contributed by atoms with Crippen LogP contribution >= 0.6 is 11.3 Å². The largest absolute Gasteiger partial charge is 0.333 e. The van der Waals surface area contributed by atoms with E-state index in [0.717, 1.165) is 47.2 Å². The van der Waals surface area contributed by atoms with E-state index in [9.17, 15) is 4.79 Å². The van der Waals surface area contributed by atoms with E-state index in [-0.39, 0.29) is 17.5 Å². The first-order valence-corrected chi connectivity index (χ1v) is 10.7. The van der Waals surface area contributed by atoms with Gasteiger partial charge in [0.1, 0.15) is 9.88 Å². The third-order valence-electron chi connectivity index (χ3n) is 6.40. The highest BCUT2D eigenvalue weighted by Gasteiger charge is 2.46. The summed E-state index contributed by atoms with van der Waals surface area (Å²) in [7, 11) is 2.23. The van der Waals surface area contributed by atoms with Gasteiger partial charge in [-0.1, -0.05) is 12.5 Å². The van der Waals surface area contributed by atoms with Crippen LogP contribution < -0.4 is 0 Å². The molecule has 2 aliphatic heterocycles.